The lowest BCUT2D eigenvalue weighted by Crippen LogP contribution is -2.33. The summed E-state index contributed by atoms with van der Waals surface area (Å²) in [5.41, 5.74) is 3.68. The molecule has 1 aromatic carbocycles. The van der Waals surface area contributed by atoms with Gasteiger partial charge in [-0.2, -0.15) is 0 Å². The van der Waals surface area contributed by atoms with Gasteiger partial charge in [0.15, 0.2) is 0 Å². The van der Waals surface area contributed by atoms with E-state index in [0.717, 1.165) is 11.9 Å². The second-order valence-electron chi connectivity index (χ2n) is 4.44. The predicted molar refractivity (Wildman–Crippen MR) is 73.7 cm³/mol. The number of carbonyl (C=O) groups is 1. The molecule has 4 heteroatoms. The van der Waals surface area contributed by atoms with E-state index in [-0.39, 0.29) is 5.91 Å². The van der Waals surface area contributed by atoms with Crippen LogP contribution in [0.4, 0.5) is 0 Å². The number of rotatable bonds is 5. The fraction of sp³-hybridized carbons (Fsp3) is 0.357. The molecular formula is C14H19N3O. The van der Waals surface area contributed by atoms with Crippen molar-refractivity contribution in [3.63, 3.8) is 0 Å². The largest absolute Gasteiger partial charge is 0.361 e. The van der Waals surface area contributed by atoms with Crippen LogP contribution >= 0.6 is 0 Å². The number of H-pyrrole nitrogens is 1. The molecule has 2 rings (SSSR count). The van der Waals surface area contributed by atoms with E-state index in [1.807, 2.05) is 12.3 Å². The molecule has 3 N–H and O–H groups in total. The molecule has 0 bridgehead atoms. The standard InChI is InChI=1S/C14H19N3O/c1-10-4-3-5-12-14(10)11(8-17-12)6-7-16-13(18)9-15-2/h3-5,8,15,17H,6-7,9H2,1-2H3,(H,16,18). The van der Waals surface area contributed by atoms with Crippen LogP contribution in [-0.2, 0) is 11.2 Å². The third kappa shape index (κ3) is 2.71. The van der Waals surface area contributed by atoms with Gasteiger partial charge in [0.2, 0.25) is 5.91 Å². The van der Waals surface area contributed by atoms with Crippen molar-refractivity contribution >= 4 is 16.8 Å². The number of aryl methyl sites for hydroxylation is 1. The molecular weight excluding hydrogens is 226 g/mol. The van der Waals surface area contributed by atoms with Gasteiger partial charge in [0.1, 0.15) is 0 Å². The van der Waals surface area contributed by atoms with E-state index in [9.17, 15) is 4.79 Å². The minimum Gasteiger partial charge on any atom is -0.361 e. The van der Waals surface area contributed by atoms with Crippen LogP contribution in [0, 0.1) is 6.92 Å². The number of fused-ring (bicyclic) bond motifs is 1. The molecule has 96 valence electrons. The number of nitrogens with one attached hydrogen (secondary N) is 3. The van der Waals surface area contributed by atoms with Gasteiger partial charge in [-0.15, -0.1) is 0 Å². The first-order valence-electron chi connectivity index (χ1n) is 6.19. The smallest absolute Gasteiger partial charge is 0.233 e. The Hall–Kier alpha value is -1.81. The predicted octanol–water partition coefficient (Wildman–Crippen LogP) is 1.35. The second-order valence-corrected chi connectivity index (χ2v) is 4.44. The summed E-state index contributed by atoms with van der Waals surface area (Å²) in [6.45, 7) is 3.15. The molecule has 2 aromatic rings. The normalized spacial score (nSPS) is 10.8. The molecule has 0 spiro atoms. The summed E-state index contributed by atoms with van der Waals surface area (Å²) >= 11 is 0. The Kier molecular flexibility index (Phi) is 3.99. The first-order chi connectivity index (χ1) is 8.72. The van der Waals surface area contributed by atoms with Crippen molar-refractivity contribution in [1.29, 1.82) is 0 Å². The van der Waals surface area contributed by atoms with Crippen LogP contribution in [0.5, 0.6) is 0 Å². The Bertz CT molecular complexity index is 545. The Balaban J connectivity index is 2.02. The first kappa shape index (κ1) is 12.6. The highest BCUT2D eigenvalue weighted by molar-refractivity contribution is 5.86. The lowest BCUT2D eigenvalue weighted by Gasteiger charge is -2.05. The van der Waals surface area contributed by atoms with Gasteiger partial charge >= 0.3 is 0 Å². The number of likely N-dealkylation sites (N-methyl/N-ethyl adjacent to an activating group) is 1. The van der Waals surface area contributed by atoms with Crippen molar-refractivity contribution in [2.75, 3.05) is 20.1 Å². The highest BCUT2D eigenvalue weighted by Crippen LogP contribution is 2.22. The van der Waals surface area contributed by atoms with Crippen LogP contribution in [0.15, 0.2) is 24.4 Å². The van der Waals surface area contributed by atoms with Crippen LogP contribution in [0.3, 0.4) is 0 Å². The van der Waals surface area contributed by atoms with Crippen LogP contribution in [0.25, 0.3) is 10.9 Å². The van der Waals surface area contributed by atoms with Gasteiger partial charge < -0.3 is 15.6 Å². The molecule has 0 aliphatic heterocycles. The van der Waals surface area contributed by atoms with Gasteiger partial charge in [-0.1, -0.05) is 12.1 Å². The fourth-order valence-corrected chi connectivity index (χ4v) is 2.21. The molecule has 0 unspecified atom stereocenters. The number of hydrogen-bond acceptors (Lipinski definition) is 2. The molecule has 0 atom stereocenters. The zero-order chi connectivity index (χ0) is 13.0. The van der Waals surface area contributed by atoms with E-state index in [0.29, 0.717) is 13.1 Å². The summed E-state index contributed by atoms with van der Waals surface area (Å²) in [5, 5.41) is 7.00. The summed E-state index contributed by atoms with van der Waals surface area (Å²) in [5.74, 6) is 0.0362. The zero-order valence-electron chi connectivity index (χ0n) is 10.8. The number of aromatic amines is 1. The molecule has 0 fully saturated rings. The van der Waals surface area contributed by atoms with Crippen LogP contribution in [0.2, 0.25) is 0 Å². The van der Waals surface area contributed by atoms with E-state index in [1.165, 1.54) is 16.5 Å². The van der Waals surface area contributed by atoms with Crippen LogP contribution in [-0.4, -0.2) is 31.0 Å². The summed E-state index contributed by atoms with van der Waals surface area (Å²) in [6.07, 6.45) is 2.88. The molecule has 4 nitrogen and oxygen atoms in total. The third-order valence-electron chi connectivity index (χ3n) is 3.05. The maximum absolute atomic E-state index is 11.3. The highest BCUT2D eigenvalue weighted by atomic mass is 16.1. The van der Waals surface area contributed by atoms with E-state index < -0.39 is 0 Å². The van der Waals surface area contributed by atoms with Crippen molar-refractivity contribution in [3.8, 4) is 0 Å². The van der Waals surface area contributed by atoms with Crippen molar-refractivity contribution in [2.24, 2.45) is 0 Å². The van der Waals surface area contributed by atoms with Gasteiger partial charge in [-0.05, 0) is 37.6 Å². The van der Waals surface area contributed by atoms with Crippen molar-refractivity contribution in [2.45, 2.75) is 13.3 Å². The highest BCUT2D eigenvalue weighted by Gasteiger charge is 2.06. The van der Waals surface area contributed by atoms with Crippen molar-refractivity contribution in [1.82, 2.24) is 15.6 Å². The zero-order valence-corrected chi connectivity index (χ0v) is 10.8. The molecule has 0 radical (unpaired) electrons. The number of aromatic nitrogens is 1. The molecule has 18 heavy (non-hydrogen) atoms. The molecule has 1 heterocycles. The molecule has 0 saturated carbocycles. The average Bonchev–Trinajstić information content (AvgIpc) is 2.74. The third-order valence-corrected chi connectivity index (χ3v) is 3.05. The van der Waals surface area contributed by atoms with Gasteiger partial charge in [0, 0.05) is 23.6 Å². The SMILES string of the molecule is CNCC(=O)NCCc1c[nH]c2cccc(C)c12. The van der Waals surface area contributed by atoms with Crippen LogP contribution in [0.1, 0.15) is 11.1 Å². The molecule has 1 amide bonds. The van der Waals surface area contributed by atoms with E-state index >= 15 is 0 Å². The van der Waals surface area contributed by atoms with Gasteiger partial charge in [-0.3, -0.25) is 4.79 Å². The second kappa shape index (κ2) is 5.69. The lowest BCUT2D eigenvalue weighted by atomic mass is 10.1. The molecule has 0 aliphatic carbocycles. The van der Waals surface area contributed by atoms with Gasteiger partial charge in [-0.25, -0.2) is 0 Å². The quantitative estimate of drug-likeness (QED) is 0.745. The Labute approximate surface area is 107 Å². The fourth-order valence-electron chi connectivity index (χ4n) is 2.21. The monoisotopic (exact) mass is 245 g/mol. The summed E-state index contributed by atoms with van der Waals surface area (Å²) in [6, 6.07) is 6.23. The first-order valence-corrected chi connectivity index (χ1v) is 6.19. The van der Waals surface area contributed by atoms with E-state index in [4.69, 9.17) is 0 Å². The number of hydrogen-bond donors (Lipinski definition) is 3. The molecule has 0 aliphatic rings. The summed E-state index contributed by atoms with van der Waals surface area (Å²) in [4.78, 5) is 14.6. The number of amides is 1. The molecule has 1 aromatic heterocycles. The maximum Gasteiger partial charge on any atom is 0.233 e. The summed E-state index contributed by atoms with van der Waals surface area (Å²) < 4.78 is 0. The van der Waals surface area contributed by atoms with Crippen molar-refractivity contribution < 1.29 is 4.79 Å². The Morgan fingerprint density at radius 2 is 2.22 bits per heavy atom. The van der Waals surface area contributed by atoms with Crippen molar-refractivity contribution in [3.05, 3.63) is 35.5 Å². The van der Waals surface area contributed by atoms with E-state index in [2.05, 4.69) is 34.7 Å². The average molecular weight is 245 g/mol. The Morgan fingerprint density at radius 1 is 1.39 bits per heavy atom. The topological polar surface area (TPSA) is 56.9 Å². The Morgan fingerprint density at radius 3 is 3.00 bits per heavy atom. The summed E-state index contributed by atoms with van der Waals surface area (Å²) in [7, 11) is 1.77. The van der Waals surface area contributed by atoms with E-state index in [1.54, 1.807) is 7.05 Å². The minimum atomic E-state index is 0.0362. The molecule has 0 saturated heterocycles. The minimum absolute atomic E-state index is 0.0362. The lowest BCUT2D eigenvalue weighted by molar-refractivity contribution is -0.120. The number of benzene rings is 1. The van der Waals surface area contributed by atoms with Gasteiger partial charge in [0.05, 0.1) is 6.54 Å². The van der Waals surface area contributed by atoms with Gasteiger partial charge in [0.25, 0.3) is 0 Å². The van der Waals surface area contributed by atoms with Crippen LogP contribution < -0.4 is 10.6 Å². The number of carbonyl (C=O) groups excluding carboxylic acids is 1. The maximum atomic E-state index is 11.3.